The van der Waals surface area contributed by atoms with Crippen LogP contribution in [0.25, 0.3) is 5.69 Å². The summed E-state index contributed by atoms with van der Waals surface area (Å²) in [5, 5.41) is 11.3. The van der Waals surface area contributed by atoms with E-state index in [-0.39, 0.29) is 5.54 Å². The number of nitrogens with one attached hydrogen (secondary N) is 1. The lowest BCUT2D eigenvalue weighted by Gasteiger charge is -2.20. The number of aromatic nitrogens is 5. The molecule has 0 aliphatic heterocycles. The molecule has 2 rings (SSSR count). The molecule has 0 aliphatic carbocycles. The molecular weight excluding hydrogens is 216 g/mol. The lowest BCUT2D eigenvalue weighted by molar-refractivity contribution is 0.418. The Kier molecular flexibility index (Phi) is 3.14. The van der Waals surface area contributed by atoms with E-state index in [1.807, 2.05) is 0 Å². The summed E-state index contributed by atoms with van der Waals surface area (Å²) < 4.78 is 1.73. The normalized spacial score (nSPS) is 11.7. The minimum Gasteiger partial charge on any atom is -0.306 e. The summed E-state index contributed by atoms with van der Waals surface area (Å²) in [6.45, 7) is 7.05. The third-order valence-electron chi connectivity index (χ3n) is 2.21. The maximum Gasteiger partial charge on any atom is 0.115 e. The molecule has 0 fully saturated rings. The van der Waals surface area contributed by atoms with Gasteiger partial charge in [-0.2, -0.15) is 0 Å². The SMILES string of the molecule is CC(C)(C)NCc1cnnn1-c1cncnc1. The third kappa shape index (κ3) is 3.07. The molecule has 0 saturated heterocycles. The Balaban J connectivity index is 2.18. The Morgan fingerprint density at radius 3 is 2.53 bits per heavy atom. The van der Waals surface area contributed by atoms with E-state index in [2.05, 4.69) is 46.4 Å². The van der Waals surface area contributed by atoms with Gasteiger partial charge in [-0.3, -0.25) is 0 Å². The van der Waals surface area contributed by atoms with Crippen molar-refractivity contribution in [3.8, 4) is 5.69 Å². The highest BCUT2D eigenvalue weighted by Crippen LogP contribution is 2.08. The van der Waals surface area contributed by atoms with E-state index in [9.17, 15) is 0 Å². The van der Waals surface area contributed by atoms with E-state index < -0.39 is 0 Å². The van der Waals surface area contributed by atoms with Crippen LogP contribution in [-0.4, -0.2) is 30.5 Å². The summed E-state index contributed by atoms with van der Waals surface area (Å²) in [5.41, 5.74) is 1.85. The van der Waals surface area contributed by atoms with Gasteiger partial charge in [0.2, 0.25) is 0 Å². The smallest absolute Gasteiger partial charge is 0.115 e. The summed E-state index contributed by atoms with van der Waals surface area (Å²) in [6, 6.07) is 0. The topological polar surface area (TPSA) is 68.5 Å². The molecule has 0 saturated carbocycles. The summed E-state index contributed by atoms with van der Waals surface area (Å²) in [7, 11) is 0. The quantitative estimate of drug-likeness (QED) is 0.853. The zero-order valence-electron chi connectivity index (χ0n) is 10.3. The minimum atomic E-state index is 0.0578. The monoisotopic (exact) mass is 232 g/mol. The van der Waals surface area contributed by atoms with E-state index in [4.69, 9.17) is 0 Å². The lowest BCUT2D eigenvalue weighted by Crippen LogP contribution is -2.35. The van der Waals surface area contributed by atoms with Crippen molar-refractivity contribution in [2.45, 2.75) is 32.9 Å². The standard InChI is InChI=1S/C11H16N6/c1-11(2,3)14-6-10-7-15-16-17(10)9-4-12-8-13-5-9/h4-5,7-8,14H,6H2,1-3H3. The van der Waals surface area contributed by atoms with Crippen molar-refractivity contribution in [3.05, 3.63) is 30.6 Å². The first-order chi connectivity index (χ1) is 8.06. The number of rotatable bonds is 3. The van der Waals surface area contributed by atoms with Gasteiger partial charge in [-0.15, -0.1) is 5.10 Å². The molecule has 0 aromatic carbocycles. The Labute approximate surface area is 100 Å². The second-order valence-electron chi connectivity index (χ2n) is 4.84. The molecular formula is C11H16N6. The fourth-order valence-corrected chi connectivity index (χ4v) is 1.35. The summed E-state index contributed by atoms with van der Waals surface area (Å²) in [5.74, 6) is 0. The van der Waals surface area contributed by atoms with Crippen molar-refractivity contribution in [2.24, 2.45) is 0 Å². The van der Waals surface area contributed by atoms with Gasteiger partial charge in [0, 0.05) is 12.1 Å². The maximum atomic E-state index is 4.03. The Morgan fingerprint density at radius 2 is 1.88 bits per heavy atom. The average molecular weight is 232 g/mol. The van der Waals surface area contributed by atoms with E-state index in [0.717, 1.165) is 11.4 Å². The van der Waals surface area contributed by atoms with Crippen LogP contribution in [0, 0.1) is 0 Å². The maximum absolute atomic E-state index is 4.03. The predicted octanol–water partition coefficient (Wildman–Crippen LogP) is 0.945. The molecule has 6 nitrogen and oxygen atoms in total. The van der Waals surface area contributed by atoms with E-state index >= 15 is 0 Å². The molecule has 6 heteroatoms. The number of nitrogens with zero attached hydrogens (tertiary/aromatic N) is 5. The molecule has 0 unspecified atom stereocenters. The molecule has 2 heterocycles. The molecule has 1 N–H and O–H groups in total. The van der Waals surface area contributed by atoms with Gasteiger partial charge in [-0.05, 0) is 20.8 Å². The highest BCUT2D eigenvalue weighted by Gasteiger charge is 2.12. The molecule has 0 radical (unpaired) electrons. The van der Waals surface area contributed by atoms with Crippen LogP contribution in [0.15, 0.2) is 24.9 Å². The van der Waals surface area contributed by atoms with Gasteiger partial charge < -0.3 is 5.32 Å². The van der Waals surface area contributed by atoms with Crippen LogP contribution in [0.3, 0.4) is 0 Å². The van der Waals surface area contributed by atoms with Crippen LogP contribution in [-0.2, 0) is 6.54 Å². The highest BCUT2D eigenvalue weighted by molar-refractivity contribution is 5.24. The zero-order valence-corrected chi connectivity index (χ0v) is 10.3. The van der Waals surface area contributed by atoms with Crippen LogP contribution in [0.2, 0.25) is 0 Å². The van der Waals surface area contributed by atoms with Gasteiger partial charge in [0.15, 0.2) is 0 Å². The highest BCUT2D eigenvalue weighted by atomic mass is 15.4. The molecule has 0 bridgehead atoms. The predicted molar refractivity (Wildman–Crippen MR) is 63.5 cm³/mol. The largest absolute Gasteiger partial charge is 0.306 e. The fraction of sp³-hybridized carbons (Fsp3) is 0.455. The van der Waals surface area contributed by atoms with Crippen molar-refractivity contribution < 1.29 is 0 Å². The number of hydrogen-bond donors (Lipinski definition) is 1. The van der Waals surface area contributed by atoms with E-state index in [0.29, 0.717) is 6.54 Å². The molecule has 90 valence electrons. The minimum absolute atomic E-state index is 0.0578. The fourth-order valence-electron chi connectivity index (χ4n) is 1.35. The molecule has 0 amide bonds. The number of hydrogen-bond acceptors (Lipinski definition) is 5. The average Bonchev–Trinajstić information content (AvgIpc) is 2.75. The molecule has 0 aliphatic rings. The van der Waals surface area contributed by atoms with Gasteiger partial charge in [0.25, 0.3) is 0 Å². The van der Waals surface area contributed by atoms with Crippen LogP contribution < -0.4 is 5.32 Å². The second-order valence-corrected chi connectivity index (χ2v) is 4.84. The van der Waals surface area contributed by atoms with Crippen molar-refractivity contribution in [1.29, 1.82) is 0 Å². The molecule has 2 aromatic heterocycles. The van der Waals surface area contributed by atoms with Crippen LogP contribution >= 0.6 is 0 Å². The van der Waals surface area contributed by atoms with E-state index in [1.54, 1.807) is 23.3 Å². The zero-order chi connectivity index (χ0) is 12.3. The van der Waals surface area contributed by atoms with Crippen LogP contribution in [0.4, 0.5) is 0 Å². The Morgan fingerprint density at radius 1 is 1.18 bits per heavy atom. The molecule has 0 spiro atoms. The summed E-state index contributed by atoms with van der Waals surface area (Å²) in [4.78, 5) is 7.94. The lowest BCUT2D eigenvalue weighted by atomic mass is 10.1. The van der Waals surface area contributed by atoms with Gasteiger partial charge >= 0.3 is 0 Å². The summed E-state index contributed by atoms with van der Waals surface area (Å²) in [6.07, 6.45) is 6.66. The Bertz CT molecular complexity index is 470. The molecule has 0 atom stereocenters. The summed E-state index contributed by atoms with van der Waals surface area (Å²) >= 11 is 0. The molecule has 17 heavy (non-hydrogen) atoms. The van der Waals surface area contributed by atoms with Gasteiger partial charge in [-0.1, -0.05) is 5.21 Å². The van der Waals surface area contributed by atoms with Crippen molar-refractivity contribution in [3.63, 3.8) is 0 Å². The second kappa shape index (κ2) is 4.58. The van der Waals surface area contributed by atoms with Gasteiger partial charge in [0.05, 0.1) is 24.3 Å². The van der Waals surface area contributed by atoms with Crippen LogP contribution in [0.1, 0.15) is 26.5 Å². The third-order valence-corrected chi connectivity index (χ3v) is 2.21. The first kappa shape index (κ1) is 11.7. The van der Waals surface area contributed by atoms with E-state index in [1.165, 1.54) is 6.33 Å². The van der Waals surface area contributed by atoms with Crippen molar-refractivity contribution in [2.75, 3.05) is 0 Å². The molecule has 2 aromatic rings. The van der Waals surface area contributed by atoms with Crippen LogP contribution in [0.5, 0.6) is 0 Å². The van der Waals surface area contributed by atoms with Gasteiger partial charge in [0.1, 0.15) is 12.0 Å². The van der Waals surface area contributed by atoms with Crippen molar-refractivity contribution >= 4 is 0 Å². The first-order valence-corrected chi connectivity index (χ1v) is 5.46. The van der Waals surface area contributed by atoms with Crippen molar-refractivity contribution in [1.82, 2.24) is 30.3 Å². The first-order valence-electron chi connectivity index (χ1n) is 5.46. The Hall–Kier alpha value is -1.82. The van der Waals surface area contributed by atoms with Gasteiger partial charge in [-0.25, -0.2) is 14.6 Å².